The minimum absolute atomic E-state index is 0.484. The fourth-order valence-electron chi connectivity index (χ4n) is 1.93. The van der Waals surface area contributed by atoms with Gasteiger partial charge in [-0.3, -0.25) is 0 Å². The highest BCUT2D eigenvalue weighted by atomic mass is 14.8. The highest BCUT2D eigenvalue weighted by Crippen LogP contribution is 2.22. The third kappa shape index (κ3) is 1.92. The van der Waals surface area contributed by atoms with Gasteiger partial charge in [0.25, 0.3) is 0 Å². The molecule has 1 heterocycles. The van der Waals surface area contributed by atoms with Crippen LogP contribution >= 0.6 is 0 Å². The Balaban J connectivity index is 2.64. The van der Waals surface area contributed by atoms with E-state index in [9.17, 15) is 0 Å². The van der Waals surface area contributed by atoms with Gasteiger partial charge in [-0.05, 0) is 43.9 Å². The van der Waals surface area contributed by atoms with Crippen LogP contribution in [0.2, 0.25) is 0 Å². The Morgan fingerprint density at radius 1 is 1.12 bits per heavy atom. The maximum atomic E-state index is 4.74. The van der Waals surface area contributed by atoms with E-state index < -0.39 is 0 Å². The zero-order chi connectivity index (χ0) is 11.7. The van der Waals surface area contributed by atoms with Crippen LogP contribution in [0.4, 0.5) is 0 Å². The van der Waals surface area contributed by atoms with Crippen molar-refractivity contribution in [2.45, 2.75) is 40.0 Å². The Kier molecular flexibility index (Phi) is 2.90. The molecule has 0 spiro atoms. The molecule has 0 N–H and O–H groups in total. The van der Waals surface area contributed by atoms with Crippen LogP contribution in [-0.4, -0.2) is 9.97 Å². The molecule has 0 aliphatic carbocycles. The number of rotatable bonds is 2. The first-order valence-corrected chi connectivity index (χ1v) is 5.86. The number of hydrogen-bond acceptors (Lipinski definition) is 2. The smallest absolute Gasteiger partial charge is 0.0893 e. The summed E-state index contributed by atoms with van der Waals surface area (Å²) in [5.74, 6) is 0.484. The van der Waals surface area contributed by atoms with E-state index in [0.29, 0.717) is 5.92 Å². The predicted molar refractivity (Wildman–Crippen MR) is 67.7 cm³/mol. The molecule has 2 heteroatoms. The molecular formula is C14H18N2. The average Bonchev–Trinajstić information content (AvgIpc) is 2.28. The second kappa shape index (κ2) is 4.20. The molecule has 1 aromatic heterocycles. The van der Waals surface area contributed by atoms with Gasteiger partial charge >= 0.3 is 0 Å². The molecule has 2 rings (SSSR count). The van der Waals surface area contributed by atoms with Gasteiger partial charge in [-0.2, -0.15) is 0 Å². The summed E-state index contributed by atoms with van der Waals surface area (Å²) in [7, 11) is 0. The molecule has 0 amide bonds. The van der Waals surface area contributed by atoms with Crippen molar-refractivity contribution < 1.29 is 0 Å². The molecule has 0 saturated carbocycles. The summed E-state index contributed by atoms with van der Waals surface area (Å²) in [6.45, 7) is 8.53. The van der Waals surface area contributed by atoms with Crippen LogP contribution in [-0.2, 0) is 0 Å². The van der Waals surface area contributed by atoms with Gasteiger partial charge in [0.2, 0.25) is 0 Å². The van der Waals surface area contributed by atoms with Crippen LogP contribution in [0.3, 0.4) is 0 Å². The van der Waals surface area contributed by atoms with Crippen molar-refractivity contribution >= 4 is 11.0 Å². The largest absolute Gasteiger partial charge is 0.250 e. The topological polar surface area (TPSA) is 25.8 Å². The van der Waals surface area contributed by atoms with Gasteiger partial charge in [0.15, 0.2) is 0 Å². The number of hydrogen-bond donors (Lipinski definition) is 0. The van der Waals surface area contributed by atoms with Crippen molar-refractivity contribution in [1.82, 2.24) is 9.97 Å². The van der Waals surface area contributed by atoms with Gasteiger partial charge in [-0.1, -0.05) is 19.9 Å². The molecular weight excluding hydrogens is 196 g/mol. The summed E-state index contributed by atoms with van der Waals surface area (Å²) >= 11 is 0. The minimum atomic E-state index is 0.484. The second-order valence-corrected chi connectivity index (χ2v) is 4.50. The number of aromatic nitrogens is 2. The summed E-state index contributed by atoms with van der Waals surface area (Å²) in [6.07, 6.45) is 1.10. The fraction of sp³-hybridized carbons (Fsp3) is 0.429. The molecule has 2 nitrogen and oxygen atoms in total. The van der Waals surface area contributed by atoms with Crippen LogP contribution in [0.1, 0.15) is 43.1 Å². The molecule has 0 fully saturated rings. The third-order valence-corrected chi connectivity index (χ3v) is 3.11. The molecule has 0 bridgehead atoms. The van der Waals surface area contributed by atoms with E-state index in [1.54, 1.807) is 0 Å². The molecule has 0 saturated heterocycles. The highest BCUT2D eigenvalue weighted by molar-refractivity contribution is 5.75. The Morgan fingerprint density at radius 3 is 2.56 bits per heavy atom. The summed E-state index contributed by atoms with van der Waals surface area (Å²) in [4.78, 5) is 9.37. The van der Waals surface area contributed by atoms with Crippen LogP contribution in [0.15, 0.2) is 18.2 Å². The number of fused-ring (bicyclic) bond motifs is 1. The Labute approximate surface area is 96.7 Å². The van der Waals surface area contributed by atoms with E-state index in [1.807, 2.05) is 13.0 Å². The monoisotopic (exact) mass is 214 g/mol. The zero-order valence-electron chi connectivity index (χ0n) is 10.4. The van der Waals surface area contributed by atoms with Gasteiger partial charge in [0, 0.05) is 0 Å². The van der Waals surface area contributed by atoms with Crippen molar-refractivity contribution in [3.05, 3.63) is 35.2 Å². The molecule has 0 radical (unpaired) electrons. The van der Waals surface area contributed by atoms with Gasteiger partial charge in [0.05, 0.1) is 22.4 Å². The molecule has 84 valence electrons. The maximum Gasteiger partial charge on any atom is 0.0893 e. The van der Waals surface area contributed by atoms with E-state index >= 15 is 0 Å². The lowest BCUT2D eigenvalue weighted by atomic mass is 10.0. The van der Waals surface area contributed by atoms with Crippen LogP contribution in [0.5, 0.6) is 0 Å². The lowest BCUT2D eigenvalue weighted by molar-refractivity contribution is 0.699. The van der Waals surface area contributed by atoms with Gasteiger partial charge in [-0.25, -0.2) is 9.97 Å². The summed E-state index contributed by atoms with van der Waals surface area (Å²) in [6, 6.07) is 6.23. The summed E-state index contributed by atoms with van der Waals surface area (Å²) < 4.78 is 0. The lowest BCUT2D eigenvalue weighted by Crippen LogP contribution is -2.02. The first kappa shape index (κ1) is 11.1. The average molecular weight is 214 g/mol. The molecule has 0 aliphatic rings. The van der Waals surface area contributed by atoms with Crippen molar-refractivity contribution in [2.24, 2.45) is 0 Å². The first-order valence-electron chi connectivity index (χ1n) is 5.86. The molecule has 1 atom stereocenters. The standard InChI is InChI=1S/C14H18N2/c1-5-10(3)14-11(4)15-12-7-6-9(2)8-13(12)16-14/h6-8,10H,5H2,1-4H3. The van der Waals surface area contributed by atoms with Crippen LogP contribution in [0, 0.1) is 13.8 Å². The van der Waals surface area contributed by atoms with Crippen LogP contribution in [0.25, 0.3) is 11.0 Å². The summed E-state index contributed by atoms with van der Waals surface area (Å²) in [5.41, 5.74) is 5.45. The molecule has 1 unspecified atom stereocenters. The SMILES string of the molecule is CCC(C)c1nc2cc(C)ccc2nc1C. The summed E-state index contributed by atoms with van der Waals surface area (Å²) in [5, 5.41) is 0. The molecule has 0 aliphatic heterocycles. The molecule has 1 aromatic carbocycles. The van der Waals surface area contributed by atoms with Crippen molar-refractivity contribution in [1.29, 1.82) is 0 Å². The van der Waals surface area contributed by atoms with E-state index in [2.05, 4.69) is 37.9 Å². The van der Waals surface area contributed by atoms with E-state index in [0.717, 1.165) is 28.8 Å². The van der Waals surface area contributed by atoms with Gasteiger partial charge in [-0.15, -0.1) is 0 Å². The van der Waals surface area contributed by atoms with Gasteiger partial charge in [0.1, 0.15) is 0 Å². The van der Waals surface area contributed by atoms with Crippen molar-refractivity contribution in [2.75, 3.05) is 0 Å². The zero-order valence-corrected chi connectivity index (χ0v) is 10.4. The van der Waals surface area contributed by atoms with Crippen molar-refractivity contribution in [3.63, 3.8) is 0 Å². The quantitative estimate of drug-likeness (QED) is 0.760. The number of nitrogens with zero attached hydrogens (tertiary/aromatic N) is 2. The van der Waals surface area contributed by atoms with E-state index in [-0.39, 0.29) is 0 Å². The van der Waals surface area contributed by atoms with E-state index in [4.69, 9.17) is 4.98 Å². The maximum absolute atomic E-state index is 4.74. The number of aryl methyl sites for hydroxylation is 2. The minimum Gasteiger partial charge on any atom is -0.250 e. The predicted octanol–water partition coefficient (Wildman–Crippen LogP) is 3.76. The fourth-order valence-corrected chi connectivity index (χ4v) is 1.93. The first-order chi connectivity index (χ1) is 7.61. The normalized spacial score (nSPS) is 13.0. The lowest BCUT2D eigenvalue weighted by Gasteiger charge is -2.11. The molecule has 2 aromatic rings. The highest BCUT2D eigenvalue weighted by Gasteiger charge is 2.10. The number of benzene rings is 1. The molecule has 16 heavy (non-hydrogen) atoms. The second-order valence-electron chi connectivity index (χ2n) is 4.50. The Bertz CT molecular complexity index is 517. The third-order valence-electron chi connectivity index (χ3n) is 3.11. The van der Waals surface area contributed by atoms with E-state index in [1.165, 1.54) is 5.56 Å². The Hall–Kier alpha value is -1.44. The van der Waals surface area contributed by atoms with Crippen molar-refractivity contribution in [3.8, 4) is 0 Å². The van der Waals surface area contributed by atoms with Gasteiger partial charge < -0.3 is 0 Å². The Morgan fingerprint density at radius 2 is 1.88 bits per heavy atom. The van der Waals surface area contributed by atoms with Crippen LogP contribution < -0.4 is 0 Å².